The molecule has 90 valence electrons. The molecule has 1 saturated heterocycles. The first-order chi connectivity index (χ1) is 7.76. The molecule has 2 atom stereocenters. The van der Waals surface area contributed by atoms with Crippen LogP contribution in [-0.2, 0) is 6.42 Å². The first-order valence-corrected chi connectivity index (χ1v) is 6.73. The van der Waals surface area contributed by atoms with Gasteiger partial charge in [0.15, 0.2) is 0 Å². The lowest BCUT2D eigenvalue weighted by molar-refractivity contribution is 0.203. The van der Waals surface area contributed by atoms with Gasteiger partial charge >= 0.3 is 0 Å². The molecule has 0 aromatic carbocycles. The Hall–Kier alpha value is -0.680. The number of aryl methyl sites for hydroxylation is 1. The zero-order chi connectivity index (χ0) is 11.5. The van der Waals surface area contributed by atoms with Crippen molar-refractivity contribution in [1.29, 1.82) is 0 Å². The first-order valence-electron chi connectivity index (χ1n) is 5.96. The highest BCUT2D eigenvalue weighted by molar-refractivity contribution is 7.09. The molecule has 1 N–H and O–H groups in total. The molecule has 0 unspecified atom stereocenters. The van der Waals surface area contributed by atoms with Crippen molar-refractivity contribution in [1.82, 2.24) is 9.36 Å². The minimum atomic E-state index is 0.211. The summed E-state index contributed by atoms with van der Waals surface area (Å²) in [5.41, 5.74) is 0. The van der Waals surface area contributed by atoms with E-state index in [-0.39, 0.29) is 12.6 Å². The number of hydrogen-bond donors (Lipinski definition) is 1. The van der Waals surface area contributed by atoms with E-state index in [0.29, 0.717) is 5.92 Å². The number of rotatable bonds is 3. The van der Waals surface area contributed by atoms with Gasteiger partial charge in [0.2, 0.25) is 5.13 Å². The zero-order valence-electron chi connectivity index (χ0n) is 9.89. The number of hydrogen-bond acceptors (Lipinski definition) is 5. The standard InChI is InChI=1S/C11H19N3OS/c1-3-10-12-11(16-13-10)14-6-4-5-8(2)9(14)7-15/h8-9,15H,3-7H2,1-2H3/t8-,9-/m0/s1. The largest absolute Gasteiger partial charge is 0.394 e. The summed E-state index contributed by atoms with van der Waals surface area (Å²) in [5, 5.41) is 10.4. The van der Waals surface area contributed by atoms with Gasteiger partial charge in [0.1, 0.15) is 5.82 Å². The maximum Gasteiger partial charge on any atom is 0.205 e. The molecule has 16 heavy (non-hydrogen) atoms. The molecule has 1 aliphatic heterocycles. The third kappa shape index (κ3) is 2.20. The van der Waals surface area contributed by atoms with Crippen molar-refractivity contribution in [2.75, 3.05) is 18.1 Å². The molecule has 0 bridgehead atoms. The first kappa shape index (κ1) is 11.8. The SMILES string of the molecule is CCc1nsc(N2CCC[C@H](C)[C@@H]2CO)n1. The Bertz CT molecular complexity index is 342. The highest BCUT2D eigenvalue weighted by Gasteiger charge is 2.29. The predicted molar refractivity (Wildman–Crippen MR) is 65.9 cm³/mol. The van der Waals surface area contributed by atoms with E-state index in [1.165, 1.54) is 24.4 Å². The van der Waals surface area contributed by atoms with Gasteiger partial charge in [-0.1, -0.05) is 13.8 Å². The summed E-state index contributed by atoms with van der Waals surface area (Å²) in [7, 11) is 0. The number of nitrogens with zero attached hydrogens (tertiary/aromatic N) is 3. The summed E-state index contributed by atoms with van der Waals surface area (Å²) in [6.07, 6.45) is 3.25. The van der Waals surface area contributed by atoms with E-state index >= 15 is 0 Å². The third-order valence-electron chi connectivity index (χ3n) is 3.32. The number of aliphatic hydroxyl groups excluding tert-OH is 1. The van der Waals surface area contributed by atoms with Crippen molar-refractivity contribution in [2.45, 2.75) is 39.2 Å². The molecule has 0 aliphatic carbocycles. The molecule has 0 saturated carbocycles. The summed E-state index contributed by atoms with van der Waals surface area (Å²) in [5.74, 6) is 1.45. The molecular weight excluding hydrogens is 222 g/mol. The summed E-state index contributed by atoms with van der Waals surface area (Å²) in [4.78, 5) is 6.73. The summed E-state index contributed by atoms with van der Waals surface area (Å²) in [6.45, 7) is 5.47. The Balaban J connectivity index is 2.17. The predicted octanol–water partition coefficient (Wildman–Crippen LogP) is 1.70. The number of piperidine rings is 1. The molecule has 0 spiro atoms. The van der Waals surface area contributed by atoms with Crippen LogP contribution >= 0.6 is 11.5 Å². The van der Waals surface area contributed by atoms with Gasteiger partial charge in [-0.2, -0.15) is 4.37 Å². The van der Waals surface area contributed by atoms with Gasteiger partial charge in [0, 0.05) is 24.5 Å². The smallest absolute Gasteiger partial charge is 0.205 e. The lowest BCUT2D eigenvalue weighted by atomic mass is 9.92. The number of aromatic nitrogens is 2. The summed E-state index contributed by atoms with van der Waals surface area (Å²) < 4.78 is 4.31. The maximum absolute atomic E-state index is 9.47. The van der Waals surface area contributed by atoms with E-state index in [1.54, 1.807) is 0 Å². The Labute approximate surface area is 100 Å². The fraction of sp³-hybridized carbons (Fsp3) is 0.818. The van der Waals surface area contributed by atoms with Crippen molar-refractivity contribution in [2.24, 2.45) is 5.92 Å². The fourth-order valence-electron chi connectivity index (χ4n) is 2.27. The normalized spacial score (nSPS) is 26.1. The highest BCUT2D eigenvalue weighted by Crippen LogP contribution is 2.29. The van der Waals surface area contributed by atoms with E-state index in [2.05, 4.69) is 28.1 Å². The molecule has 1 aromatic rings. The minimum Gasteiger partial charge on any atom is -0.394 e. The van der Waals surface area contributed by atoms with Crippen LogP contribution in [0.3, 0.4) is 0 Å². The molecule has 4 nitrogen and oxygen atoms in total. The third-order valence-corrected chi connectivity index (χ3v) is 4.11. The van der Waals surface area contributed by atoms with Gasteiger partial charge in [0.05, 0.1) is 12.6 Å². The van der Waals surface area contributed by atoms with Crippen molar-refractivity contribution in [3.8, 4) is 0 Å². The molecule has 5 heteroatoms. The average Bonchev–Trinajstić information content (AvgIpc) is 2.77. The summed E-state index contributed by atoms with van der Waals surface area (Å²) >= 11 is 1.46. The van der Waals surface area contributed by atoms with Gasteiger partial charge in [-0.05, 0) is 18.8 Å². The van der Waals surface area contributed by atoms with Crippen LogP contribution in [0.5, 0.6) is 0 Å². The second-order valence-corrected chi connectivity index (χ2v) is 5.14. The molecule has 2 heterocycles. The fourth-order valence-corrected chi connectivity index (χ4v) is 3.10. The van der Waals surface area contributed by atoms with E-state index < -0.39 is 0 Å². The molecule has 1 aromatic heterocycles. The topological polar surface area (TPSA) is 49.2 Å². The Morgan fingerprint density at radius 2 is 2.38 bits per heavy atom. The second kappa shape index (κ2) is 5.10. The van der Waals surface area contributed by atoms with Crippen LogP contribution in [0.15, 0.2) is 0 Å². The second-order valence-electron chi connectivity index (χ2n) is 4.41. The van der Waals surface area contributed by atoms with Crippen LogP contribution in [0.25, 0.3) is 0 Å². The monoisotopic (exact) mass is 241 g/mol. The van der Waals surface area contributed by atoms with Crippen molar-refractivity contribution >= 4 is 16.7 Å². The Morgan fingerprint density at radius 3 is 3.00 bits per heavy atom. The molecule has 2 rings (SSSR count). The lowest BCUT2D eigenvalue weighted by Gasteiger charge is -2.38. The van der Waals surface area contributed by atoms with Crippen LogP contribution in [0.4, 0.5) is 5.13 Å². The molecular formula is C11H19N3OS. The number of aliphatic hydroxyl groups is 1. The maximum atomic E-state index is 9.47. The van der Waals surface area contributed by atoms with Gasteiger partial charge in [-0.15, -0.1) is 0 Å². The van der Waals surface area contributed by atoms with Crippen molar-refractivity contribution in [3.63, 3.8) is 0 Å². The average molecular weight is 241 g/mol. The molecule has 1 fully saturated rings. The van der Waals surface area contributed by atoms with E-state index in [1.807, 2.05) is 0 Å². The van der Waals surface area contributed by atoms with Crippen molar-refractivity contribution in [3.05, 3.63) is 5.82 Å². The Kier molecular flexibility index (Phi) is 3.76. The molecule has 0 amide bonds. The Morgan fingerprint density at radius 1 is 1.56 bits per heavy atom. The lowest BCUT2D eigenvalue weighted by Crippen LogP contribution is -2.46. The van der Waals surface area contributed by atoms with E-state index in [4.69, 9.17) is 0 Å². The highest BCUT2D eigenvalue weighted by atomic mass is 32.1. The van der Waals surface area contributed by atoms with E-state index in [0.717, 1.165) is 23.9 Å². The van der Waals surface area contributed by atoms with Crippen LogP contribution in [-0.4, -0.2) is 33.7 Å². The number of anilines is 1. The van der Waals surface area contributed by atoms with E-state index in [9.17, 15) is 5.11 Å². The van der Waals surface area contributed by atoms with Crippen molar-refractivity contribution < 1.29 is 5.11 Å². The molecule has 0 radical (unpaired) electrons. The van der Waals surface area contributed by atoms with Crippen LogP contribution < -0.4 is 4.90 Å². The van der Waals surface area contributed by atoms with Crippen LogP contribution in [0.2, 0.25) is 0 Å². The summed E-state index contributed by atoms with van der Waals surface area (Å²) in [6, 6.07) is 0.214. The quantitative estimate of drug-likeness (QED) is 0.875. The zero-order valence-corrected chi connectivity index (χ0v) is 10.7. The van der Waals surface area contributed by atoms with Gasteiger partial charge in [-0.3, -0.25) is 0 Å². The van der Waals surface area contributed by atoms with Gasteiger partial charge in [0.25, 0.3) is 0 Å². The van der Waals surface area contributed by atoms with Gasteiger partial charge < -0.3 is 10.0 Å². The minimum absolute atomic E-state index is 0.211. The van der Waals surface area contributed by atoms with Crippen LogP contribution in [0.1, 0.15) is 32.5 Å². The molecule has 1 aliphatic rings. The van der Waals surface area contributed by atoms with Gasteiger partial charge in [-0.25, -0.2) is 4.98 Å². The van der Waals surface area contributed by atoms with Crippen LogP contribution in [0, 0.1) is 5.92 Å².